The molecular formula is C12H10N4O4. The summed E-state index contributed by atoms with van der Waals surface area (Å²) in [6, 6.07) is 4.89. The first-order valence-corrected chi connectivity index (χ1v) is 5.58. The summed E-state index contributed by atoms with van der Waals surface area (Å²) in [6.45, 7) is 0.105. The van der Waals surface area contributed by atoms with Crippen molar-refractivity contribution < 1.29 is 14.8 Å². The first-order chi connectivity index (χ1) is 9.58. The second-order valence-corrected chi connectivity index (χ2v) is 3.84. The van der Waals surface area contributed by atoms with Gasteiger partial charge in [-0.2, -0.15) is 0 Å². The number of amides is 1. The molecule has 1 aromatic carbocycles. The van der Waals surface area contributed by atoms with Crippen molar-refractivity contribution in [3.8, 4) is 5.75 Å². The predicted molar refractivity (Wildman–Crippen MR) is 68.0 cm³/mol. The molecule has 2 N–H and O–H groups in total. The number of nitro benzene ring substituents is 1. The third kappa shape index (κ3) is 3.05. The van der Waals surface area contributed by atoms with Crippen LogP contribution < -0.4 is 5.32 Å². The van der Waals surface area contributed by atoms with Gasteiger partial charge < -0.3 is 10.4 Å². The molecule has 8 heteroatoms. The quantitative estimate of drug-likeness (QED) is 0.634. The van der Waals surface area contributed by atoms with Gasteiger partial charge in [0, 0.05) is 12.3 Å². The number of aromatic nitrogens is 2. The van der Waals surface area contributed by atoms with Gasteiger partial charge in [0.05, 0.1) is 17.2 Å². The largest absolute Gasteiger partial charge is 0.508 e. The number of carbonyl (C=O) groups is 1. The van der Waals surface area contributed by atoms with Gasteiger partial charge in [-0.25, -0.2) is 9.97 Å². The van der Waals surface area contributed by atoms with E-state index in [-0.39, 0.29) is 23.5 Å². The molecule has 2 rings (SSSR count). The minimum Gasteiger partial charge on any atom is -0.508 e. The van der Waals surface area contributed by atoms with Crippen molar-refractivity contribution in [2.24, 2.45) is 0 Å². The Balaban J connectivity index is 2.17. The van der Waals surface area contributed by atoms with Crippen molar-refractivity contribution in [2.75, 3.05) is 0 Å². The van der Waals surface area contributed by atoms with Crippen LogP contribution in [-0.2, 0) is 6.54 Å². The number of hydrogen-bond donors (Lipinski definition) is 2. The fraction of sp³-hybridized carbons (Fsp3) is 0.0833. The van der Waals surface area contributed by atoms with E-state index >= 15 is 0 Å². The van der Waals surface area contributed by atoms with Crippen LogP contribution in [0.4, 0.5) is 5.69 Å². The van der Waals surface area contributed by atoms with Crippen LogP contribution >= 0.6 is 0 Å². The lowest BCUT2D eigenvalue weighted by Gasteiger charge is -2.05. The number of phenols is 1. The van der Waals surface area contributed by atoms with Crippen molar-refractivity contribution in [1.29, 1.82) is 0 Å². The Morgan fingerprint density at radius 3 is 2.85 bits per heavy atom. The Morgan fingerprint density at radius 1 is 1.40 bits per heavy atom. The molecule has 0 fully saturated rings. The van der Waals surface area contributed by atoms with Gasteiger partial charge in [0.25, 0.3) is 11.6 Å². The number of carbonyl (C=O) groups excluding carboxylic acids is 1. The summed E-state index contributed by atoms with van der Waals surface area (Å²) in [5.41, 5.74) is -0.0109. The maximum atomic E-state index is 11.9. The standard InChI is InChI=1S/C12H10N4O4/c17-9-1-2-11(16(19)20)10(5-9)12(18)14-6-8-3-4-13-7-15-8/h1-5,7,17H,6H2,(H,14,18). The lowest BCUT2D eigenvalue weighted by Crippen LogP contribution is -2.24. The monoisotopic (exact) mass is 274 g/mol. The van der Waals surface area contributed by atoms with E-state index in [4.69, 9.17) is 0 Å². The van der Waals surface area contributed by atoms with Gasteiger partial charge in [-0.1, -0.05) is 0 Å². The number of benzene rings is 1. The molecule has 20 heavy (non-hydrogen) atoms. The maximum Gasteiger partial charge on any atom is 0.282 e. The molecule has 0 atom stereocenters. The Morgan fingerprint density at radius 2 is 2.20 bits per heavy atom. The van der Waals surface area contributed by atoms with Crippen molar-refractivity contribution in [3.05, 3.63) is 58.2 Å². The Kier molecular flexibility index (Phi) is 3.85. The van der Waals surface area contributed by atoms with Gasteiger partial charge in [-0.15, -0.1) is 0 Å². The highest BCUT2D eigenvalue weighted by Crippen LogP contribution is 2.23. The smallest absolute Gasteiger partial charge is 0.282 e. The zero-order valence-corrected chi connectivity index (χ0v) is 10.2. The van der Waals surface area contributed by atoms with Gasteiger partial charge in [0.1, 0.15) is 17.6 Å². The molecule has 1 aromatic heterocycles. The van der Waals surface area contributed by atoms with E-state index in [0.717, 1.165) is 18.2 Å². The van der Waals surface area contributed by atoms with Crippen molar-refractivity contribution in [2.45, 2.75) is 6.54 Å². The minimum atomic E-state index is -0.682. The third-order valence-electron chi connectivity index (χ3n) is 2.49. The van der Waals surface area contributed by atoms with Crippen LogP contribution in [0.1, 0.15) is 16.1 Å². The average Bonchev–Trinajstić information content (AvgIpc) is 2.45. The summed E-state index contributed by atoms with van der Waals surface area (Å²) in [6.07, 6.45) is 2.85. The van der Waals surface area contributed by atoms with E-state index in [0.29, 0.717) is 5.69 Å². The highest BCUT2D eigenvalue weighted by Gasteiger charge is 2.20. The molecule has 0 radical (unpaired) electrons. The second kappa shape index (κ2) is 5.74. The summed E-state index contributed by atoms with van der Waals surface area (Å²) in [4.78, 5) is 29.7. The fourth-order valence-corrected chi connectivity index (χ4v) is 1.55. The first kappa shape index (κ1) is 13.4. The molecule has 0 aliphatic carbocycles. The van der Waals surface area contributed by atoms with Gasteiger partial charge >= 0.3 is 0 Å². The molecule has 0 bridgehead atoms. The predicted octanol–water partition coefficient (Wildman–Crippen LogP) is 1.02. The van der Waals surface area contributed by atoms with Crippen molar-refractivity contribution in [1.82, 2.24) is 15.3 Å². The zero-order valence-electron chi connectivity index (χ0n) is 10.2. The van der Waals surface area contributed by atoms with Gasteiger partial charge in [-0.05, 0) is 18.2 Å². The molecule has 2 aromatic rings. The van der Waals surface area contributed by atoms with E-state index in [1.807, 2.05) is 0 Å². The van der Waals surface area contributed by atoms with Gasteiger partial charge in [0.2, 0.25) is 0 Å². The summed E-state index contributed by atoms with van der Waals surface area (Å²) < 4.78 is 0. The SMILES string of the molecule is O=C(NCc1ccncn1)c1cc(O)ccc1[N+](=O)[O-]. The van der Waals surface area contributed by atoms with Crippen LogP contribution in [0.3, 0.4) is 0 Å². The molecule has 0 spiro atoms. The number of aromatic hydroxyl groups is 1. The van der Waals surface area contributed by atoms with Gasteiger partial charge in [-0.3, -0.25) is 14.9 Å². The molecule has 0 unspecified atom stereocenters. The fourth-order valence-electron chi connectivity index (χ4n) is 1.55. The summed E-state index contributed by atoms with van der Waals surface area (Å²) in [7, 11) is 0. The zero-order chi connectivity index (χ0) is 14.5. The number of nitrogens with one attached hydrogen (secondary N) is 1. The lowest BCUT2D eigenvalue weighted by molar-refractivity contribution is -0.385. The normalized spacial score (nSPS) is 10.0. The number of rotatable bonds is 4. The molecule has 1 heterocycles. The molecule has 102 valence electrons. The van der Waals surface area contributed by atoms with Crippen molar-refractivity contribution in [3.63, 3.8) is 0 Å². The highest BCUT2D eigenvalue weighted by molar-refractivity contribution is 5.98. The highest BCUT2D eigenvalue weighted by atomic mass is 16.6. The molecule has 0 saturated carbocycles. The van der Waals surface area contributed by atoms with Crippen LogP contribution in [0.5, 0.6) is 5.75 Å². The maximum absolute atomic E-state index is 11.9. The summed E-state index contributed by atoms with van der Waals surface area (Å²) in [5.74, 6) is -0.881. The Labute approximate surface area is 113 Å². The Bertz CT molecular complexity index is 645. The average molecular weight is 274 g/mol. The van der Waals surface area contributed by atoms with Crippen LogP contribution in [0.15, 0.2) is 36.8 Å². The summed E-state index contributed by atoms with van der Waals surface area (Å²) >= 11 is 0. The van der Waals surface area contributed by atoms with Crippen LogP contribution in [0, 0.1) is 10.1 Å². The second-order valence-electron chi connectivity index (χ2n) is 3.84. The first-order valence-electron chi connectivity index (χ1n) is 5.58. The number of phenolic OH excluding ortho intramolecular Hbond substituents is 1. The van der Waals surface area contributed by atoms with E-state index in [1.165, 1.54) is 12.5 Å². The third-order valence-corrected chi connectivity index (χ3v) is 2.49. The molecule has 0 saturated heterocycles. The number of nitro groups is 1. The van der Waals surface area contributed by atoms with Crippen LogP contribution in [0.2, 0.25) is 0 Å². The van der Waals surface area contributed by atoms with Crippen LogP contribution in [0.25, 0.3) is 0 Å². The molecule has 0 aliphatic rings. The molecule has 1 amide bonds. The molecule has 0 aliphatic heterocycles. The van der Waals surface area contributed by atoms with Gasteiger partial charge in [0.15, 0.2) is 0 Å². The number of nitrogens with zero attached hydrogens (tertiary/aromatic N) is 3. The van der Waals surface area contributed by atoms with E-state index in [9.17, 15) is 20.0 Å². The summed E-state index contributed by atoms with van der Waals surface area (Å²) in [5, 5.41) is 22.7. The minimum absolute atomic E-state index is 0.105. The molecular weight excluding hydrogens is 264 g/mol. The van der Waals surface area contributed by atoms with Crippen LogP contribution in [-0.4, -0.2) is 25.9 Å². The van der Waals surface area contributed by atoms with E-state index < -0.39 is 10.8 Å². The van der Waals surface area contributed by atoms with Crippen molar-refractivity contribution >= 4 is 11.6 Å². The molecule has 8 nitrogen and oxygen atoms in total. The lowest BCUT2D eigenvalue weighted by atomic mass is 10.1. The van der Waals surface area contributed by atoms with E-state index in [1.54, 1.807) is 6.07 Å². The topological polar surface area (TPSA) is 118 Å². The number of hydrogen-bond acceptors (Lipinski definition) is 6. The Hall–Kier alpha value is -3.03. The van der Waals surface area contributed by atoms with E-state index in [2.05, 4.69) is 15.3 Å².